The van der Waals surface area contributed by atoms with Gasteiger partial charge in [0, 0.05) is 6.20 Å². The molecule has 0 aliphatic heterocycles. The fourth-order valence-corrected chi connectivity index (χ4v) is 1.56. The lowest BCUT2D eigenvalue weighted by atomic mass is 9.94. The number of aliphatic imine (C=N–C) groups is 1. The Labute approximate surface area is 86.2 Å². The van der Waals surface area contributed by atoms with Crippen LogP contribution in [0.4, 0.5) is 0 Å². The van der Waals surface area contributed by atoms with Crippen molar-refractivity contribution in [2.75, 3.05) is 0 Å². The lowest BCUT2D eigenvalue weighted by Crippen LogP contribution is -1.93. The maximum atomic E-state index is 3.74. The topological polar surface area (TPSA) is 12.4 Å². The van der Waals surface area contributed by atoms with E-state index < -0.39 is 0 Å². The average molecular weight is 187 g/mol. The first-order valence-electron chi connectivity index (χ1n) is 4.88. The molecule has 0 spiro atoms. The van der Waals surface area contributed by atoms with Gasteiger partial charge >= 0.3 is 0 Å². The molecular formula is C13H17N. The molecule has 0 saturated heterocycles. The molecule has 0 unspecified atom stereocenters. The first-order valence-corrected chi connectivity index (χ1v) is 4.88. The SMILES string of the molecule is C=N/C=C\c1c(C)cccc1C(C)C. The van der Waals surface area contributed by atoms with Gasteiger partial charge in [0.2, 0.25) is 0 Å². The van der Waals surface area contributed by atoms with Gasteiger partial charge in [-0.2, -0.15) is 0 Å². The maximum absolute atomic E-state index is 3.74. The van der Waals surface area contributed by atoms with E-state index in [1.165, 1.54) is 16.7 Å². The fraction of sp³-hybridized carbons (Fsp3) is 0.308. The van der Waals surface area contributed by atoms with Crippen LogP contribution in [0.3, 0.4) is 0 Å². The molecule has 0 fully saturated rings. The number of nitrogens with zero attached hydrogens (tertiary/aromatic N) is 1. The van der Waals surface area contributed by atoms with E-state index in [0.29, 0.717) is 5.92 Å². The van der Waals surface area contributed by atoms with Crippen LogP contribution in [0.2, 0.25) is 0 Å². The second-order valence-corrected chi connectivity index (χ2v) is 3.73. The molecule has 1 aromatic rings. The van der Waals surface area contributed by atoms with E-state index >= 15 is 0 Å². The van der Waals surface area contributed by atoms with Crippen molar-refractivity contribution >= 4 is 12.8 Å². The van der Waals surface area contributed by atoms with Crippen molar-refractivity contribution < 1.29 is 0 Å². The van der Waals surface area contributed by atoms with Gasteiger partial charge in [-0.3, -0.25) is 4.99 Å². The van der Waals surface area contributed by atoms with Crippen molar-refractivity contribution in [3.63, 3.8) is 0 Å². The molecule has 0 saturated carbocycles. The van der Waals surface area contributed by atoms with Crippen LogP contribution in [-0.2, 0) is 0 Å². The fourth-order valence-electron chi connectivity index (χ4n) is 1.56. The Morgan fingerprint density at radius 1 is 1.36 bits per heavy atom. The normalized spacial score (nSPS) is 11.1. The summed E-state index contributed by atoms with van der Waals surface area (Å²) in [4.78, 5) is 3.74. The average Bonchev–Trinajstić information content (AvgIpc) is 2.15. The van der Waals surface area contributed by atoms with E-state index in [2.05, 4.69) is 50.7 Å². The summed E-state index contributed by atoms with van der Waals surface area (Å²) in [6.07, 6.45) is 3.77. The van der Waals surface area contributed by atoms with Gasteiger partial charge < -0.3 is 0 Å². The van der Waals surface area contributed by atoms with Crippen LogP contribution in [0.1, 0.15) is 36.5 Å². The van der Waals surface area contributed by atoms with Crippen LogP contribution < -0.4 is 0 Å². The highest BCUT2D eigenvalue weighted by Crippen LogP contribution is 2.23. The summed E-state index contributed by atoms with van der Waals surface area (Å²) in [6, 6.07) is 6.39. The summed E-state index contributed by atoms with van der Waals surface area (Å²) in [5, 5.41) is 0. The number of hydrogen-bond acceptors (Lipinski definition) is 1. The van der Waals surface area contributed by atoms with Crippen LogP contribution in [0.15, 0.2) is 29.4 Å². The predicted molar refractivity (Wildman–Crippen MR) is 63.9 cm³/mol. The van der Waals surface area contributed by atoms with E-state index in [4.69, 9.17) is 0 Å². The van der Waals surface area contributed by atoms with Gasteiger partial charge in [-0.15, -0.1) is 0 Å². The number of rotatable bonds is 3. The van der Waals surface area contributed by atoms with E-state index in [1.54, 1.807) is 6.20 Å². The van der Waals surface area contributed by atoms with Crippen molar-refractivity contribution in [2.45, 2.75) is 26.7 Å². The Bertz CT molecular complexity index is 348. The molecule has 74 valence electrons. The lowest BCUT2D eigenvalue weighted by molar-refractivity contribution is 0.862. The van der Waals surface area contributed by atoms with Gasteiger partial charge in [0.05, 0.1) is 0 Å². The molecule has 0 bridgehead atoms. The molecule has 14 heavy (non-hydrogen) atoms. The molecule has 0 aliphatic rings. The number of hydrogen-bond donors (Lipinski definition) is 0. The zero-order valence-electron chi connectivity index (χ0n) is 9.12. The Balaban J connectivity index is 3.21. The third-order valence-corrected chi connectivity index (χ3v) is 2.33. The van der Waals surface area contributed by atoms with Gasteiger partial charge in [-0.1, -0.05) is 32.0 Å². The van der Waals surface area contributed by atoms with Crippen molar-refractivity contribution in [3.8, 4) is 0 Å². The van der Waals surface area contributed by atoms with Crippen molar-refractivity contribution in [1.29, 1.82) is 0 Å². The first-order chi connectivity index (χ1) is 6.66. The minimum Gasteiger partial charge on any atom is -0.272 e. The van der Waals surface area contributed by atoms with Crippen LogP contribution >= 0.6 is 0 Å². The molecule has 0 heterocycles. The largest absolute Gasteiger partial charge is 0.272 e. The highest BCUT2D eigenvalue weighted by Gasteiger charge is 2.05. The lowest BCUT2D eigenvalue weighted by Gasteiger charge is -2.11. The molecule has 0 aliphatic carbocycles. The van der Waals surface area contributed by atoms with Gasteiger partial charge in [0.25, 0.3) is 0 Å². The van der Waals surface area contributed by atoms with Crippen LogP contribution in [0.5, 0.6) is 0 Å². The summed E-state index contributed by atoms with van der Waals surface area (Å²) in [5.74, 6) is 0.541. The summed E-state index contributed by atoms with van der Waals surface area (Å²) in [7, 11) is 0. The first kappa shape index (κ1) is 10.7. The highest BCUT2D eigenvalue weighted by molar-refractivity contribution is 5.59. The van der Waals surface area contributed by atoms with Crippen molar-refractivity contribution in [2.24, 2.45) is 4.99 Å². The predicted octanol–water partition coefficient (Wildman–Crippen LogP) is 3.79. The smallest absolute Gasteiger partial charge is 0.0266 e. The Hall–Kier alpha value is -1.37. The minimum atomic E-state index is 0.541. The third kappa shape index (κ3) is 2.32. The quantitative estimate of drug-likeness (QED) is 0.638. The zero-order chi connectivity index (χ0) is 10.6. The standard InChI is InChI=1S/C13H17N/c1-10(2)12-7-5-6-11(3)13(12)8-9-14-4/h5-10H,4H2,1-3H3/b9-8-. The zero-order valence-corrected chi connectivity index (χ0v) is 9.12. The maximum Gasteiger partial charge on any atom is 0.0266 e. The van der Waals surface area contributed by atoms with Crippen molar-refractivity contribution in [1.82, 2.24) is 0 Å². The second-order valence-electron chi connectivity index (χ2n) is 3.73. The van der Waals surface area contributed by atoms with Gasteiger partial charge in [0.15, 0.2) is 0 Å². The monoisotopic (exact) mass is 187 g/mol. The van der Waals surface area contributed by atoms with Gasteiger partial charge in [-0.05, 0) is 42.3 Å². The van der Waals surface area contributed by atoms with Gasteiger partial charge in [-0.25, -0.2) is 0 Å². The molecule has 1 rings (SSSR count). The molecule has 0 amide bonds. The minimum absolute atomic E-state index is 0.541. The van der Waals surface area contributed by atoms with E-state index in [0.717, 1.165) is 0 Å². The van der Waals surface area contributed by atoms with Gasteiger partial charge in [0.1, 0.15) is 0 Å². The van der Waals surface area contributed by atoms with Crippen LogP contribution in [-0.4, -0.2) is 6.72 Å². The summed E-state index contributed by atoms with van der Waals surface area (Å²) in [6.45, 7) is 9.97. The van der Waals surface area contributed by atoms with Crippen LogP contribution in [0.25, 0.3) is 6.08 Å². The Kier molecular flexibility index (Phi) is 3.63. The third-order valence-electron chi connectivity index (χ3n) is 2.33. The van der Waals surface area contributed by atoms with Crippen LogP contribution in [0, 0.1) is 6.92 Å². The van der Waals surface area contributed by atoms with Crippen molar-refractivity contribution in [3.05, 3.63) is 41.1 Å². The molecule has 0 atom stereocenters. The summed E-state index contributed by atoms with van der Waals surface area (Å²) < 4.78 is 0. The molecular weight excluding hydrogens is 170 g/mol. The van der Waals surface area contributed by atoms with E-state index in [9.17, 15) is 0 Å². The Morgan fingerprint density at radius 2 is 2.07 bits per heavy atom. The molecule has 1 heteroatoms. The molecule has 0 N–H and O–H groups in total. The number of benzene rings is 1. The highest BCUT2D eigenvalue weighted by atomic mass is 14.6. The molecule has 1 aromatic carbocycles. The molecule has 1 nitrogen and oxygen atoms in total. The molecule has 0 aromatic heterocycles. The van der Waals surface area contributed by atoms with E-state index in [-0.39, 0.29) is 0 Å². The molecule has 0 radical (unpaired) electrons. The summed E-state index contributed by atoms with van der Waals surface area (Å²) in [5.41, 5.74) is 3.93. The summed E-state index contributed by atoms with van der Waals surface area (Å²) >= 11 is 0. The second kappa shape index (κ2) is 4.75. The number of aryl methyl sites for hydroxylation is 1. The van der Waals surface area contributed by atoms with E-state index in [1.807, 2.05) is 6.08 Å². The Morgan fingerprint density at radius 3 is 2.64 bits per heavy atom.